The van der Waals surface area contributed by atoms with Crippen molar-refractivity contribution < 1.29 is 19.7 Å². The fourth-order valence-electron chi connectivity index (χ4n) is 1.05. The molecule has 1 unspecified atom stereocenters. The van der Waals surface area contributed by atoms with Crippen LogP contribution in [0, 0.1) is 0 Å². The summed E-state index contributed by atoms with van der Waals surface area (Å²) in [6, 6.07) is 0. The van der Waals surface area contributed by atoms with Gasteiger partial charge in [-0.15, -0.1) is 0 Å². The standard InChI is InChI=1S/C7H14O4/c1-5(8)10-4-7-2-6(9)3-11-7/h5-9H,2-4H2,1H3/t5?,6-,7+/m0/s1. The number of hydrogen-bond acceptors (Lipinski definition) is 4. The Labute approximate surface area is 65.7 Å². The SMILES string of the molecule is CC(O)OC[C@H]1C[C@H](O)CO1. The van der Waals surface area contributed by atoms with E-state index in [1.807, 2.05) is 0 Å². The van der Waals surface area contributed by atoms with Crippen molar-refractivity contribution in [3.8, 4) is 0 Å². The van der Waals surface area contributed by atoms with Crippen LogP contribution in [0.2, 0.25) is 0 Å². The quantitative estimate of drug-likeness (QED) is 0.549. The van der Waals surface area contributed by atoms with Crippen LogP contribution in [-0.2, 0) is 9.47 Å². The van der Waals surface area contributed by atoms with Gasteiger partial charge in [0.1, 0.15) is 0 Å². The van der Waals surface area contributed by atoms with Gasteiger partial charge in [0.25, 0.3) is 0 Å². The van der Waals surface area contributed by atoms with Gasteiger partial charge in [0.2, 0.25) is 0 Å². The first-order valence-corrected chi connectivity index (χ1v) is 3.78. The number of ether oxygens (including phenoxy) is 2. The van der Waals surface area contributed by atoms with E-state index < -0.39 is 6.29 Å². The van der Waals surface area contributed by atoms with E-state index in [4.69, 9.17) is 19.7 Å². The smallest absolute Gasteiger partial charge is 0.151 e. The molecule has 11 heavy (non-hydrogen) atoms. The zero-order chi connectivity index (χ0) is 8.27. The summed E-state index contributed by atoms with van der Waals surface area (Å²) in [5, 5.41) is 17.8. The Morgan fingerprint density at radius 2 is 2.45 bits per heavy atom. The average Bonchev–Trinajstić information content (AvgIpc) is 2.31. The van der Waals surface area contributed by atoms with E-state index in [-0.39, 0.29) is 12.2 Å². The van der Waals surface area contributed by atoms with Crippen LogP contribution < -0.4 is 0 Å². The molecule has 1 aliphatic heterocycles. The van der Waals surface area contributed by atoms with Crippen molar-refractivity contribution in [1.82, 2.24) is 0 Å². The predicted octanol–water partition coefficient (Wildman–Crippen LogP) is -0.509. The van der Waals surface area contributed by atoms with Crippen LogP contribution in [0.5, 0.6) is 0 Å². The summed E-state index contributed by atoms with van der Waals surface area (Å²) in [5.74, 6) is 0. The van der Waals surface area contributed by atoms with E-state index in [0.29, 0.717) is 19.6 Å². The Kier molecular flexibility index (Phi) is 3.26. The molecule has 1 aliphatic rings. The minimum absolute atomic E-state index is 0.0559. The zero-order valence-electron chi connectivity index (χ0n) is 6.56. The third kappa shape index (κ3) is 3.16. The molecule has 1 saturated heterocycles. The van der Waals surface area contributed by atoms with Crippen molar-refractivity contribution in [2.75, 3.05) is 13.2 Å². The molecule has 2 N–H and O–H groups in total. The largest absolute Gasteiger partial charge is 0.391 e. The molecule has 1 heterocycles. The van der Waals surface area contributed by atoms with Gasteiger partial charge in [-0.05, 0) is 6.92 Å². The van der Waals surface area contributed by atoms with Gasteiger partial charge >= 0.3 is 0 Å². The highest BCUT2D eigenvalue weighted by Crippen LogP contribution is 2.13. The number of aliphatic hydroxyl groups is 2. The van der Waals surface area contributed by atoms with Gasteiger partial charge in [-0.3, -0.25) is 0 Å². The van der Waals surface area contributed by atoms with Gasteiger partial charge in [0, 0.05) is 6.42 Å². The summed E-state index contributed by atoms with van der Waals surface area (Å²) in [4.78, 5) is 0. The molecule has 0 amide bonds. The van der Waals surface area contributed by atoms with E-state index >= 15 is 0 Å². The number of aliphatic hydroxyl groups excluding tert-OH is 2. The number of rotatable bonds is 3. The maximum atomic E-state index is 9.02. The maximum absolute atomic E-state index is 9.02. The Morgan fingerprint density at radius 3 is 2.91 bits per heavy atom. The molecular weight excluding hydrogens is 148 g/mol. The topological polar surface area (TPSA) is 58.9 Å². The number of hydrogen-bond donors (Lipinski definition) is 2. The average molecular weight is 162 g/mol. The first kappa shape index (κ1) is 8.93. The summed E-state index contributed by atoms with van der Waals surface area (Å²) in [6.45, 7) is 2.29. The monoisotopic (exact) mass is 162 g/mol. The van der Waals surface area contributed by atoms with E-state index in [0.717, 1.165) is 0 Å². The molecule has 0 aromatic heterocycles. The highest BCUT2D eigenvalue weighted by atomic mass is 16.6. The van der Waals surface area contributed by atoms with Gasteiger partial charge in [-0.1, -0.05) is 0 Å². The van der Waals surface area contributed by atoms with Gasteiger partial charge in [0.05, 0.1) is 25.4 Å². The summed E-state index contributed by atoms with van der Waals surface area (Å²) in [7, 11) is 0. The Balaban J connectivity index is 2.08. The van der Waals surface area contributed by atoms with Gasteiger partial charge in [0.15, 0.2) is 6.29 Å². The van der Waals surface area contributed by atoms with Crippen molar-refractivity contribution in [2.24, 2.45) is 0 Å². The second-order valence-corrected chi connectivity index (χ2v) is 2.78. The normalized spacial score (nSPS) is 34.1. The first-order valence-electron chi connectivity index (χ1n) is 3.78. The lowest BCUT2D eigenvalue weighted by atomic mass is 10.2. The van der Waals surface area contributed by atoms with E-state index in [1.54, 1.807) is 6.92 Å². The molecule has 0 aromatic carbocycles. The molecule has 4 nitrogen and oxygen atoms in total. The Morgan fingerprint density at radius 1 is 1.73 bits per heavy atom. The third-order valence-electron chi connectivity index (χ3n) is 1.58. The zero-order valence-corrected chi connectivity index (χ0v) is 6.56. The third-order valence-corrected chi connectivity index (χ3v) is 1.58. The van der Waals surface area contributed by atoms with Crippen LogP contribution in [0.15, 0.2) is 0 Å². The van der Waals surface area contributed by atoms with Crippen molar-refractivity contribution in [2.45, 2.75) is 31.8 Å². The molecule has 4 heteroatoms. The molecule has 0 aromatic rings. The molecule has 1 rings (SSSR count). The lowest BCUT2D eigenvalue weighted by Gasteiger charge is -2.11. The molecule has 0 saturated carbocycles. The van der Waals surface area contributed by atoms with E-state index in [9.17, 15) is 0 Å². The fourth-order valence-corrected chi connectivity index (χ4v) is 1.05. The van der Waals surface area contributed by atoms with Crippen molar-refractivity contribution in [3.05, 3.63) is 0 Å². The maximum Gasteiger partial charge on any atom is 0.151 e. The Bertz CT molecular complexity index is 115. The van der Waals surface area contributed by atoms with Crippen molar-refractivity contribution in [3.63, 3.8) is 0 Å². The summed E-state index contributed by atoms with van der Waals surface area (Å²) in [6.07, 6.45) is -0.569. The molecule has 66 valence electrons. The minimum Gasteiger partial charge on any atom is -0.391 e. The fraction of sp³-hybridized carbons (Fsp3) is 1.00. The van der Waals surface area contributed by atoms with Crippen LogP contribution in [0.25, 0.3) is 0 Å². The highest BCUT2D eigenvalue weighted by Gasteiger charge is 2.23. The van der Waals surface area contributed by atoms with Crippen molar-refractivity contribution in [1.29, 1.82) is 0 Å². The summed E-state index contributed by atoms with van der Waals surface area (Å²) >= 11 is 0. The lowest BCUT2D eigenvalue weighted by Crippen LogP contribution is -2.19. The molecule has 3 atom stereocenters. The van der Waals surface area contributed by atoms with Gasteiger partial charge in [-0.2, -0.15) is 0 Å². The molecule has 0 aliphatic carbocycles. The molecule has 0 bridgehead atoms. The van der Waals surface area contributed by atoms with Gasteiger partial charge in [-0.25, -0.2) is 0 Å². The lowest BCUT2D eigenvalue weighted by molar-refractivity contribution is -0.111. The second-order valence-electron chi connectivity index (χ2n) is 2.78. The molecular formula is C7H14O4. The van der Waals surface area contributed by atoms with Crippen molar-refractivity contribution >= 4 is 0 Å². The predicted molar refractivity (Wildman–Crippen MR) is 38.0 cm³/mol. The molecule has 0 radical (unpaired) electrons. The van der Waals surface area contributed by atoms with Crippen LogP contribution in [-0.4, -0.2) is 41.9 Å². The summed E-state index contributed by atoms with van der Waals surface area (Å²) in [5.41, 5.74) is 0. The second kappa shape index (κ2) is 4.01. The molecule has 1 fully saturated rings. The van der Waals surface area contributed by atoms with Gasteiger partial charge < -0.3 is 19.7 Å². The van der Waals surface area contributed by atoms with E-state index in [2.05, 4.69) is 0 Å². The van der Waals surface area contributed by atoms with Crippen LogP contribution >= 0.6 is 0 Å². The summed E-state index contributed by atoms with van der Waals surface area (Å²) < 4.78 is 10.0. The minimum atomic E-state index is -0.753. The Hall–Kier alpha value is -0.160. The van der Waals surface area contributed by atoms with Crippen LogP contribution in [0.3, 0.4) is 0 Å². The first-order chi connectivity index (χ1) is 5.18. The molecule has 0 spiro atoms. The van der Waals surface area contributed by atoms with E-state index in [1.165, 1.54) is 0 Å². The highest BCUT2D eigenvalue weighted by molar-refractivity contribution is 4.71. The van der Waals surface area contributed by atoms with Crippen LogP contribution in [0.4, 0.5) is 0 Å². The van der Waals surface area contributed by atoms with Crippen LogP contribution in [0.1, 0.15) is 13.3 Å².